The summed E-state index contributed by atoms with van der Waals surface area (Å²) in [6.07, 6.45) is -1.53. The Labute approximate surface area is 202 Å². The van der Waals surface area contributed by atoms with Gasteiger partial charge < -0.3 is 25.6 Å². The number of alkyl carbamates (subject to hydrolysis) is 1. The van der Waals surface area contributed by atoms with Gasteiger partial charge in [0.15, 0.2) is 0 Å². The van der Waals surface area contributed by atoms with Crippen molar-refractivity contribution in [2.24, 2.45) is 0 Å². The molecule has 0 radical (unpaired) electrons. The first-order chi connectivity index (χ1) is 17.0. The Kier molecular flexibility index (Phi) is 7.42. The molecule has 2 amide bonds. The normalized spacial score (nSPS) is 13.7. The number of aliphatic hydroxyl groups excluding tert-OH is 1. The number of carboxylic acids is 1. The van der Waals surface area contributed by atoms with E-state index >= 15 is 0 Å². The summed E-state index contributed by atoms with van der Waals surface area (Å²) in [6, 6.07) is 22.4. The highest BCUT2D eigenvalue weighted by molar-refractivity contribution is 5.89. The van der Waals surface area contributed by atoms with E-state index in [1.165, 1.54) is 0 Å². The molecule has 0 saturated carbocycles. The molecule has 0 fully saturated rings. The largest absolute Gasteiger partial charge is 0.481 e. The fourth-order valence-corrected chi connectivity index (χ4v) is 4.36. The molecular formula is C27H26N2O6. The third-order valence-electron chi connectivity index (χ3n) is 6.03. The Bertz CT molecular complexity index is 1170. The number of carboxylic acid groups (broad SMARTS) is 1. The van der Waals surface area contributed by atoms with Gasteiger partial charge in [0.05, 0.1) is 19.1 Å². The van der Waals surface area contributed by atoms with E-state index in [-0.39, 0.29) is 19.1 Å². The number of rotatable bonds is 9. The highest BCUT2D eigenvalue weighted by atomic mass is 16.5. The summed E-state index contributed by atoms with van der Waals surface area (Å²) in [5.74, 6) is -2.16. The van der Waals surface area contributed by atoms with Crippen LogP contribution in [0.25, 0.3) is 11.1 Å². The summed E-state index contributed by atoms with van der Waals surface area (Å²) >= 11 is 0. The highest BCUT2D eigenvalue weighted by Gasteiger charge is 2.30. The predicted molar refractivity (Wildman–Crippen MR) is 129 cm³/mol. The van der Waals surface area contributed by atoms with Crippen LogP contribution < -0.4 is 10.6 Å². The van der Waals surface area contributed by atoms with Crippen LogP contribution in [-0.4, -0.2) is 47.4 Å². The molecule has 1 aliphatic carbocycles. The van der Waals surface area contributed by atoms with Gasteiger partial charge in [-0.1, -0.05) is 78.9 Å². The van der Waals surface area contributed by atoms with Crippen LogP contribution in [0.3, 0.4) is 0 Å². The Morgan fingerprint density at radius 3 is 1.97 bits per heavy atom. The van der Waals surface area contributed by atoms with Crippen molar-refractivity contribution in [2.75, 3.05) is 13.2 Å². The van der Waals surface area contributed by atoms with E-state index in [2.05, 4.69) is 10.6 Å². The molecule has 4 rings (SSSR count). The van der Waals surface area contributed by atoms with Gasteiger partial charge in [-0.25, -0.2) is 4.79 Å². The topological polar surface area (TPSA) is 125 Å². The fraction of sp³-hybridized carbons (Fsp3) is 0.222. The van der Waals surface area contributed by atoms with Crippen LogP contribution in [0.1, 0.15) is 35.1 Å². The number of carbonyl (C=O) groups excluding carboxylic acids is 2. The van der Waals surface area contributed by atoms with E-state index < -0.39 is 36.5 Å². The second-order valence-corrected chi connectivity index (χ2v) is 8.27. The van der Waals surface area contributed by atoms with Crippen molar-refractivity contribution >= 4 is 18.0 Å². The average molecular weight is 475 g/mol. The zero-order valence-electron chi connectivity index (χ0n) is 18.9. The van der Waals surface area contributed by atoms with Crippen LogP contribution in [-0.2, 0) is 14.3 Å². The summed E-state index contributed by atoms with van der Waals surface area (Å²) in [5.41, 5.74) is 4.89. The maximum absolute atomic E-state index is 12.8. The van der Waals surface area contributed by atoms with E-state index in [1.54, 1.807) is 30.3 Å². The van der Waals surface area contributed by atoms with E-state index in [0.717, 1.165) is 22.3 Å². The molecular weight excluding hydrogens is 448 g/mol. The smallest absolute Gasteiger partial charge is 0.407 e. The number of amides is 2. The minimum absolute atomic E-state index is 0.0323. The number of hydrogen-bond acceptors (Lipinski definition) is 5. The molecule has 0 spiro atoms. The van der Waals surface area contributed by atoms with Gasteiger partial charge >= 0.3 is 12.1 Å². The molecule has 0 aliphatic heterocycles. The lowest BCUT2D eigenvalue weighted by molar-refractivity contribution is -0.140. The Morgan fingerprint density at radius 1 is 0.829 bits per heavy atom. The zero-order chi connectivity index (χ0) is 24.8. The van der Waals surface area contributed by atoms with E-state index in [9.17, 15) is 24.6 Å². The van der Waals surface area contributed by atoms with Crippen molar-refractivity contribution in [1.29, 1.82) is 0 Å². The molecule has 8 heteroatoms. The SMILES string of the molecule is O=C(O)CC(NC(=O)OCC1c2ccccc2-c2ccccc21)C(=O)N[C@H](CO)c1ccccc1. The molecule has 3 aromatic carbocycles. The minimum Gasteiger partial charge on any atom is -0.481 e. The second kappa shape index (κ2) is 10.8. The van der Waals surface area contributed by atoms with E-state index in [0.29, 0.717) is 5.56 Å². The summed E-state index contributed by atoms with van der Waals surface area (Å²) < 4.78 is 5.45. The monoisotopic (exact) mass is 474 g/mol. The molecule has 0 saturated heterocycles. The summed E-state index contributed by atoms with van der Waals surface area (Å²) in [5, 5.41) is 23.9. The third-order valence-corrected chi connectivity index (χ3v) is 6.03. The van der Waals surface area contributed by atoms with Gasteiger partial charge in [0.2, 0.25) is 5.91 Å². The van der Waals surface area contributed by atoms with Crippen molar-refractivity contribution in [3.8, 4) is 11.1 Å². The molecule has 3 aromatic rings. The van der Waals surface area contributed by atoms with Gasteiger partial charge in [0, 0.05) is 5.92 Å². The molecule has 0 aromatic heterocycles. The Balaban J connectivity index is 1.42. The van der Waals surface area contributed by atoms with Gasteiger partial charge in [-0.3, -0.25) is 9.59 Å². The van der Waals surface area contributed by atoms with Gasteiger partial charge in [-0.15, -0.1) is 0 Å². The van der Waals surface area contributed by atoms with Crippen LogP contribution in [0.2, 0.25) is 0 Å². The van der Waals surface area contributed by atoms with Crippen molar-refractivity contribution in [2.45, 2.75) is 24.4 Å². The molecule has 8 nitrogen and oxygen atoms in total. The van der Waals surface area contributed by atoms with Crippen LogP contribution in [0.5, 0.6) is 0 Å². The first-order valence-electron chi connectivity index (χ1n) is 11.3. The lowest BCUT2D eigenvalue weighted by Gasteiger charge is -2.22. The minimum atomic E-state index is -1.37. The van der Waals surface area contributed by atoms with Crippen LogP contribution in [0, 0.1) is 0 Å². The van der Waals surface area contributed by atoms with Crippen molar-refractivity contribution in [3.63, 3.8) is 0 Å². The number of hydrogen-bond donors (Lipinski definition) is 4. The van der Waals surface area contributed by atoms with Crippen LogP contribution >= 0.6 is 0 Å². The maximum atomic E-state index is 12.8. The van der Waals surface area contributed by atoms with Crippen LogP contribution in [0.15, 0.2) is 78.9 Å². The first kappa shape index (κ1) is 24.0. The second-order valence-electron chi connectivity index (χ2n) is 8.27. The molecule has 0 heterocycles. The molecule has 35 heavy (non-hydrogen) atoms. The number of benzene rings is 3. The lowest BCUT2D eigenvalue weighted by Crippen LogP contribution is -2.49. The Morgan fingerprint density at radius 2 is 1.40 bits per heavy atom. The summed E-state index contributed by atoms with van der Waals surface area (Å²) in [4.78, 5) is 36.7. The molecule has 2 atom stereocenters. The summed E-state index contributed by atoms with van der Waals surface area (Å²) in [7, 11) is 0. The molecule has 0 bridgehead atoms. The summed E-state index contributed by atoms with van der Waals surface area (Å²) in [6.45, 7) is -0.356. The fourth-order valence-electron chi connectivity index (χ4n) is 4.36. The number of fused-ring (bicyclic) bond motifs is 3. The van der Waals surface area contributed by atoms with Crippen molar-refractivity contribution in [3.05, 3.63) is 95.6 Å². The van der Waals surface area contributed by atoms with E-state index in [1.807, 2.05) is 48.5 Å². The van der Waals surface area contributed by atoms with Gasteiger partial charge in [-0.2, -0.15) is 0 Å². The number of ether oxygens (including phenoxy) is 1. The van der Waals surface area contributed by atoms with Gasteiger partial charge in [-0.05, 0) is 27.8 Å². The quantitative estimate of drug-likeness (QED) is 0.377. The predicted octanol–water partition coefficient (Wildman–Crippen LogP) is 3.22. The maximum Gasteiger partial charge on any atom is 0.407 e. The average Bonchev–Trinajstić information content (AvgIpc) is 3.19. The van der Waals surface area contributed by atoms with E-state index in [4.69, 9.17) is 4.74 Å². The third kappa shape index (κ3) is 5.50. The lowest BCUT2D eigenvalue weighted by atomic mass is 9.98. The van der Waals surface area contributed by atoms with Crippen molar-refractivity contribution < 1.29 is 29.3 Å². The standard InChI is InChI=1S/C27H26N2O6/c30-15-24(17-8-2-1-3-9-17)28-26(33)23(14-25(31)32)29-27(34)35-16-22-20-12-6-4-10-18(20)19-11-5-7-13-21(19)22/h1-13,22-24,30H,14-16H2,(H,28,33)(H,29,34)(H,31,32)/t23?,24-/m1/s1. The molecule has 1 unspecified atom stereocenters. The van der Waals surface area contributed by atoms with Crippen LogP contribution in [0.4, 0.5) is 4.79 Å². The molecule has 1 aliphatic rings. The molecule has 4 N–H and O–H groups in total. The molecule has 180 valence electrons. The van der Waals surface area contributed by atoms with Gasteiger partial charge in [0.1, 0.15) is 12.6 Å². The number of aliphatic hydroxyl groups is 1. The number of carbonyl (C=O) groups is 3. The number of nitrogens with one attached hydrogen (secondary N) is 2. The first-order valence-corrected chi connectivity index (χ1v) is 11.3. The Hall–Kier alpha value is -4.17. The van der Waals surface area contributed by atoms with Crippen molar-refractivity contribution in [1.82, 2.24) is 10.6 Å². The zero-order valence-corrected chi connectivity index (χ0v) is 18.9. The van der Waals surface area contributed by atoms with Gasteiger partial charge in [0.25, 0.3) is 0 Å². The highest BCUT2D eigenvalue weighted by Crippen LogP contribution is 2.44. The number of aliphatic carboxylic acids is 1.